The number of rotatable bonds is 5. The molecule has 7 heteroatoms. The molecule has 2 aromatic rings. The van der Waals surface area contributed by atoms with Crippen LogP contribution in [0, 0.1) is 11.8 Å². The molecule has 0 amide bonds. The smallest absolute Gasteiger partial charge is 0.406 e. The zero-order valence-electron chi connectivity index (χ0n) is 13.7. The number of halogens is 3. The first-order valence-electron chi connectivity index (χ1n) is 8.43. The van der Waals surface area contributed by atoms with Crippen LogP contribution >= 0.6 is 0 Å². The fraction of sp³-hybridized carbons (Fsp3) is 0.500. The van der Waals surface area contributed by atoms with Gasteiger partial charge >= 0.3 is 6.36 Å². The highest BCUT2D eigenvalue weighted by atomic mass is 19.4. The number of hydrogen-bond donors (Lipinski definition) is 1. The molecule has 0 saturated heterocycles. The summed E-state index contributed by atoms with van der Waals surface area (Å²) in [5.74, 6) is 1.28. The zero-order valence-corrected chi connectivity index (χ0v) is 13.7. The average Bonchev–Trinajstić information content (AvgIpc) is 3.02. The normalized spacial score (nSPS) is 21.3. The third kappa shape index (κ3) is 4.75. The largest absolute Gasteiger partial charge is 0.573 e. The molecule has 0 unspecified atom stereocenters. The van der Waals surface area contributed by atoms with Gasteiger partial charge in [-0.05, 0) is 49.7 Å². The van der Waals surface area contributed by atoms with Gasteiger partial charge in [-0.25, -0.2) is 4.98 Å². The van der Waals surface area contributed by atoms with Crippen molar-refractivity contribution >= 4 is 0 Å². The van der Waals surface area contributed by atoms with Crippen molar-refractivity contribution in [1.29, 1.82) is 0 Å². The molecule has 1 aromatic carbocycles. The van der Waals surface area contributed by atoms with Gasteiger partial charge in [0.25, 0.3) is 0 Å². The Hall–Kier alpha value is -2.02. The molecule has 25 heavy (non-hydrogen) atoms. The molecule has 0 atom stereocenters. The second kappa shape index (κ2) is 7.47. The van der Waals surface area contributed by atoms with Crippen molar-refractivity contribution in [3.05, 3.63) is 36.7 Å². The maximum atomic E-state index is 12.4. The van der Waals surface area contributed by atoms with Crippen LogP contribution in [0.1, 0.15) is 25.7 Å². The van der Waals surface area contributed by atoms with Crippen molar-refractivity contribution in [2.45, 2.75) is 38.6 Å². The zero-order chi connectivity index (χ0) is 17.9. The van der Waals surface area contributed by atoms with E-state index in [-0.39, 0.29) is 12.4 Å². The van der Waals surface area contributed by atoms with Gasteiger partial charge in [-0.1, -0.05) is 12.1 Å². The molecule has 4 nitrogen and oxygen atoms in total. The average molecular weight is 354 g/mol. The second-order valence-electron chi connectivity index (χ2n) is 6.55. The highest BCUT2D eigenvalue weighted by Gasteiger charge is 2.31. The van der Waals surface area contributed by atoms with E-state index in [4.69, 9.17) is 0 Å². The number of aliphatic hydroxyl groups excluding tert-OH is 1. The summed E-state index contributed by atoms with van der Waals surface area (Å²) in [4.78, 5) is 4.31. The number of aliphatic hydroxyl groups is 1. The number of benzene rings is 1. The van der Waals surface area contributed by atoms with Crippen molar-refractivity contribution in [1.82, 2.24) is 9.55 Å². The van der Waals surface area contributed by atoms with Gasteiger partial charge in [0.05, 0.1) is 0 Å². The molecule has 1 N–H and O–H groups in total. The molecule has 136 valence electrons. The molecule has 1 heterocycles. The maximum Gasteiger partial charge on any atom is 0.573 e. The number of alkyl halides is 3. The van der Waals surface area contributed by atoms with Crippen LogP contribution in [0.4, 0.5) is 13.2 Å². The first-order valence-corrected chi connectivity index (χ1v) is 8.43. The van der Waals surface area contributed by atoms with Crippen LogP contribution in [0.2, 0.25) is 0 Å². The van der Waals surface area contributed by atoms with E-state index < -0.39 is 6.36 Å². The number of imidazole rings is 1. The highest BCUT2D eigenvalue weighted by Crippen LogP contribution is 2.31. The quantitative estimate of drug-likeness (QED) is 0.873. The Labute approximate surface area is 144 Å². The lowest BCUT2D eigenvalue weighted by Gasteiger charge is -2.27. The van der Waals surface area contributed by atoms with Gasteiger partial charge in [0.15, 0.2) is 0 Å². The van der Waals surface area contributed by atoms with Crippen molar-refractivity contribution in [3.63, 3.8) is 0 Å². The van der Waals surface area contributed by atoms with Crippen LogP contribution in [-0.2, 0) is 6.54 Å². The molecule has 1 aromatic heterocycles. The van der Waals surface area contributed by atoms with Gasteiger partial charge in [0.1, 0.15) is 11.6 Å². The Morgan fingerprint density at radius 1 is 1.16 bits per heavy atom. The lowest BCUT2D eigenvalue weighted by Crippen LogP contribution is -2.21. The predicted molar refractivity (Wildman–Crippen MR) is 86.9 cm³/mol. The molecule has 0 bridgehead atoms. The van der Waals surface area contributed by atoms with E-state index in [2.05, 4.69) is 9.72 Å². The van der Waals surface area contributed by atoms with Crippen LogP contribution in [0.15, 0.2) is 36.7 Å². The first kappa shape index (κ1) is 17.8. The van der Waals surface area contributed by atoms with Gasteiger partial charge in [0, 0.05) is 31.1 Å². The van der Waals surface area contributed by atoms with Gasteiger partial charge in [-0.15, -0.1) is 13.2 Å². The van der Waals surface area contributed by atoms with Crippen LogP contribution in [-0.4, -0.2) is 27.6 Å². The summed E-state index contributed by atoms with van der Waals surface area (Å²) in [7, 11) is 0. The van der Waals surface area contributed by atoms with Crippen LogP contribution in [0.5, 0.6) is 5.75 Å². The summed E-state index contributed by atoms with van der Waals surface area (Å²) < 4.78 is 43.2. The van der Waals surface area contributed by atoms with E-state index in [9.17, 15) is 18.3 Å². The summed E-state index contributed by atoms with van der Waals surface area (Å²) in [5, 5.41) is 9.23. The fourth-order valence-electron chi connectivity index (χ4n) is 3.42. The first-order chi connectivity index (χ1) is 11.9. The Morgan fingerprint density at radius 3 is 2.56 bits per heavy atom. The third-order valence-electron chi connectivity index (χ3n) is 4.72. The van der Waals surface area contributed by atoms with Gasteiger partial charge in [0.2, 0.25) is 0 Å². The molecular formula is C18H21F3N2O2. The van der Waals surface area contributed by atoms with E-state index in [0.29, 0.717) is 23.2 Å². The summed E-state index contributed by atoms with van der Waals surface area (Å²) in [6.07, 6.45) is 2.91. The molecule has 1 saturated carbocycles. The van der Waals surface area contributed by atoms with Crippen molar-refractivity contribution < 1.29 is 23.0 Å². The number of hydrogen-bond acceptors (Lipinski definition) is 3. The number of aromatic nitrogens is 2. The molecule has 3 rings (SSSR count). The molecule has 1 fully saturated rings. The third-order valence-corrected chi connectivity index (χ3v) is 4.72. The Bertz CT molecular complexity index is 692. The van der Waals surface area contributed by atoms with Crippen molar-refractivity contribution in [2.24, 2.45) is 11.8 Å². The van der Waals surface area contributed by atoms with Gasteiger partial charge in [-0.3, -0.25) is 0 Å². The molecule has 1 aliphatic carbocycles. The van der Waals surface area contributed by atoms with E-state index in [1.54, 1.807) is 12.3 Å². The summed E-state index contributed by atoms with van der Waals surface area (Å²) in [5.41, 5.74) is 0.593. The highest BCUT2D eigenvalue weighted by molar-refractivity contribution is 5.58. The van der Waals surface area contributed by atoms with Gasteiger partial charge < -0.3 is 14.4 Å². The minimum Gasteiger partial charge on any atom is -0.406 e. The predicted octanol–water partition coefficient (Wildman–Crippen LogP) is 4.25. The minimum atomic E-state index is -4.71. The van der Waals surface area contributed by atoms with E-state index >= 15 is 0 Å². The maximum absolute atomic E-state index is 12.4. The lowest BCUT2D eigenvalue weighted by molar-refractivity contribution is -0.274. The minimum absolute atomic E-state index is 0.245. The molecule has 1 aliphatic rings. The molecular weight excluding hydrogens is 333 g/mol. The van der Waals surface area contributed by atoms with Crippen LogP contribution in [0.25, 0.3) is 11.4 Å². The monoisotopic (exact) mass is 354 g/mol. The number of nitrogens with zero attached hydrogens (tertiary/aromatic N) is 2. The fourth-order valence-corrected chi connectivity index (χ4v) is 3.42. The van der Waals surface area contributed by atoms with E-state index in [1.807, 2.05) is 10.8 Å². The molecule has 0 radical (unpaired) electrons. The van der Waals surface area contributed by atoms with Gasteiger partial charge in [-0.2, -0.15) is 0 Å². The van der Waals surface area contributed by atoms with Crippen LogP contribution < -0.4 is 4.74 Å². The molecule has 0 spiro atoms. The summed E-state index contributed by atoms with van der Waals surface area (Å²) in [6.45, 7) is 1.02. The van der Waals surface area contributed by atoms with E-state index in [0.717, 1.165) is 32.2 Å². The lowest BCUT2D eigenvalue weighted by atomic mass is 9.82. The Kier molecular flexibility index (Phi) is 5.32. The standard InChI is InChI=1S/C18H21F3N2O2/c19-18(20,21)25-16-3-1-2-15(10-16)17-22-8-9-23(17)11-13-4-6-14(12-24)7-5-13/h1-3,8-10,13-14,24H,4-7,11-12H2. The SMILES string of the molecule is OCC1CCC(Cn2ccnc2-c2cccc(OC(F)(F)F)c2)CC1. The van der Waals surface area contributed by atoms with Crippen molar-refractivity contribution in [3.8, 4) is 17.1 Å². The molecule has 0 aliphatic heterocycles. The number of ether oxygens (including phenoxy) is 1. The van der Waals surface area contributed by atoms with E-state index in [1.165, 1.54) is 18.2 Å². The Morgan fingerprint density at radius 2 is 1.88 bits per heavy atom. The summed E-state index contributed by atoms with van der Waals surface area (Å²) in [6, 6.07) is 5.89. The topological polar surface area (TPSA) is 47.3 Å². The van der Waals surface area contributed by atoms with Crippen molar-refractivity contribution in [2.75, 3.05) is 6.61 Å². The second-order valence-corrected chi connectivity index (χ2v) is 6.55. The summed E-state index contributed by atoms with van der Waals surface area (Å²) >= 11 is 0. The Balaban J connectivity index is 1.72. The van der Waals surface area contributed by atoms with Crippen LogP contribution in [0.3, 0.4) is 0 Å².